The summed E-state index contributed by atoms with van der Waals surface area (Å²) in [6.07, 6.45) is 4.86. The predicted octanol–water partition coefficient (Wildman–Crippen LogP) is 5.24. The van der Waals surface area contributed by atoms with Crippen molar-refractivity contribution in [3.8, 4) is 0 Å². The molecule has 3 aromatic rings. The number of anilines is 2. The molecular weight excluding hydrogens is 410 g/mol. The summed E-state index contributed by atoms with van der Waals surface area (Å²) in [5.74, 6) is 0.0874. The van der Waals surface area contributed by atoms with E-state index in [4.69, 9.17) is 11.6 Å². The molecule has 0 atom stereocenters. The number of likely N-dealkylation sites (tertiary alicyclic amines) is 1. The van der Waals surface area contributed by atoms with E-state index >= 15 is 0 Å². The third kappa shape index (κ3) is 4.78. The van der Waals surface area contributed by atoms with Crippen LogP contribution in [0.1, 0.15) is 33.6 Å². The number of amides is 1. The minimum absolute atomic E-state index is 0.00973. The topological polar surface area (TPSA) is 53.5 Å². The van der Waals surface area contributed by atoms with E-state index in [1.54, 1.807) is 36.7 Å². The van der Waals surface area contributed by atoms with Gasteiger partial charge >= 0.3 is 0 Å². The molecule has 2 heterocycles. The third-order valence-corrected chi connectivity index (χ3v) is 6.09. The van der Waals surface area contributed by atoms with Gasteiger partial charge in [0.1, 0.15) is 0 Å². The lowest BCUT2D eigenvalue weighted by Crippen LogP contribution is -2.40. The summed E-state index contributed by atoms with van der Waals surface area (Å²) in [5.41, 5.74) is 3.37. The SMILES string of the molecule is CN(c1ccncc1)c1ccc(C(=O)N2CCC(C(=O)c3ccc(Cl)cc3)CC2)cc1. The first-order valence-corrected chi connectivity index (χ1v) is 10.7. The van der Waals surface area contributed by atoms with E-state index < -0.39 is 0 Å². The Morgan fingerprint density at radius 1 is 0.871 bits per heavy atom. The normalized spacial score (nSPS) is 14.3. The number of nitrogens with zero attached hydrogens (tertiary/aromatic N) is 3. The highest BCUT2D eigenvalue weighted by atomic mass is 35.5. The molecule has 5 nitrogen and oxygen atoms in total. The number of carbonyl (C=O) groups is 2. The van der Waals surface area contributed by atoms with Crippen molar-refractivity contribution in [2.45, 2.75) is 12.8 Å². The summed E-state index contributed by atoms with van der Waals surface area (Å²) in [7, 11) is 1.98. The zero-order valence-electron chi connectivity index (χ0n) is 17.4. The molecule has 0 aliphatic carbocycles. The van der Waals surface area contributed by atoms with Crippen LogP contribution in [-0.2, 0) is 0 Å². The highest BCUT2D eigenvalue weighted by molar-refractivity contribution is 6.30. The number of hydrogen-bond acceptors (Lipinski definition) is 4. The van der Waals surface area contributed by atoms with Crippen LogP contribution in [0.2, 0.25) is 5.02 Å². The quantitative estimate of drug-likeness (QED) is 0.516. The molecule has 31 heavy (non-hydrogen) atoms. The van der Waals surface area contributed by atoms with Crippen LogP contribution in [0.25, 0.3) is 0 Å². The number of pyridine rings is 1. The molecule has 1 aliphatic rings. The van der Waals surface area contributed by atoms with E-state index in [9.17, 15) is 9.59 Å². The molecule has 1 aromatic heterocycles. The first-order chi connectivity index (χ1) is 15.0. The third-order valence-electron chi connectivity index (χ3n) is 5.83. The van der Waals surface area contributed by atoms with Gasteiger partial charge in [0, 0.05) is 66.0 Å². The first kappa shape index (κ1) is 21.1. The Balaban J connectivity index is 1.36. The van der Waals surface area contributed by atoms with Crippen LogP contribution in [0, 0.1) is 5.92 Å². The summed E-state index contributed by atoms with van der Waals surface area (Å²) in [5, 5.41) is 0.620. The smallest absolute Gasteiger partial charge is 0.253 e. The fourth-order valence-electron chi connectivity index (χ4n) is 3.92. The number of rotatable bonds is 5. The maximum atomic E-state index is 12.9. The lowest BCUT2D eigenvalue weighted by Gasteiger charge is -2.31. The number of aromatic nitrogens is 1. The van der Waals surface area contributed by atoms with Crippen LogP contribution >= 0.6 is 11.6 Å². The van der Waals surface area contributed by atoms with E-state index in [0.717, 1.165) is 11.4 Å². The Morgan fingerprint density at radius 3 is 2.03 bits per heavy atom. The van der Waals surface area contributed by atoms with Gasteiger partial charge in [-0.3, -0.25) is 14.6 Å². The Labute approximate surface area is 187 Å². The molecule has 1 fully saturated rings. The molecule has 1 aliphatic heterocycles. The zero-order chi connectivity index (χ0) is 21.8. The van der Waals surface area contributed by atoms with E-state index in [2.05, 4.69) is 4.98 Å². The van der Waals surface area contributed by atoms with Gasteiger partial charge in [0.25, 0.3) is 5.91 Å². The maximum absolute atomic E-state index is 12.9. The fraction of sp³-hybridized carbons (Fsp3) is 0.240. The molecule has 0 radical (unpaired) electrons. The van der Waals surface area contributed by atoms with Gasteiger partial charge in [-0.05, 0) is 73.5 Å². The number of benzene rings is 2. The molecular formula is C25H24ClN3O2. The maximum Gasteiger partial charge on any atom is 0.253 e. The largest absolute Gasteiger partial charge is 0.345 e. The van der Waals surface area contributed by atoms with Crippen LogP contribution in [0.4, 0.5) is 11.4 Å². The Morgan fingerprint density at radius 2 is 1.42 bits per heavy atom. The summed E-state index contributed by atoms with van der Waals surface area (Å²) in [6.45, 7) is 1.17. The minimum atomic E-state index is -0.0541. The van der Waals surface area contributed by atoms with E-state index in [-0.39, 0.29) is 17.6 Å². The Kier molecular flexibility index (Phi) is 6.33. The molecule has 0 bridgehead atoms. The number of hydrogen-bond donors (Lipinski definition) is 0. The van der Waals surface area contributed by atoms with E-state index in [1.807, 2.05) is 53.2 Å². The van der Waals surface area contributed by atoms with E-state index in [1.165, 1.54) is 0 Å². The summed E-state index contributed by atoms with van der Waals surface area (Å²) in [6, 6.07) is 18.5. The molecule has 0 unspecified atom stereocenters. The predicted molar refractivity (Wildman–Crippen MR) is 123 cm³/mol. The van der Waals surface area contributed by atoms with Gasteiger partial charge in [0.2, 0.25) is 0 Å². The van der Waals surface area contributed by atoms with Crippen LogP contribution in [0.3, 0.4) is 0 Å². The lowest BCUT2D eigenvalue weighted by molar-refractivity contribution is 0.0650. The molecule has 2 aromatic carbocycles. The van der Waals surface area contributed by atoms with Crippen molar-refractivity contribution < 1.29 is 9.59 Å². The molecule has 4 rings (SSSR count). The number of halogens is 1. The molecule has 0 N–H and O–H groups in total. The number of piperidine rings is 1. The van der Waals surface area contributed by atoms with Crippen molar-refractivity contribution in [1.82, 2.24) is 9.88 Å². The average Bonchev–Trinajstić information content (AvgIpc) is 2.84. The van der Waals surface area contributed by atoms with Gasteiger partial charge < -0.3 is 9.80 Å². The van der Waals surface area contributed by atoms with Gasteiger partial charge in [0.15, 0.2) is 5.78 Å². The first-order valence-electron chi connectivity index (χ1n) is 10.4. The highest BCUT2D eigenvalue weighted by Crippen LogP contribution is 2.26. The van der Waals surface area contributed by atoms with Gasteiger partial charge in [-0.15, -0.1) is 0 Å². The minimum Gasteiger partial charge on any atom is -0.345 e. The van der Waals surface area contributed by atoms with Crippen LogP contribution in [0.15, 0.2) is 73.1 Å². The van der Waals surface area contributed by atoms with Gasteiger partial charge in [-0.25, -0.2) is 0 Å². The number of ketones is 1. The number of Topliss-reactive ketones (excluding diaryl/α,β-unsaturated/α-hetero) is 1. The Hall–Kier alpha value is -3.18. The van der Waals surface area contributed by atoms with Crippen molar-refractivity contribution in [2.24, 2.45) is 5.92 Å². The van der Waals surface area contributed by atoms with Crippen molar-refractivity contribution in [2.75, 3.05) is 25.0 Å². The van der Waals surface area contributed by atoms with Crippen molar-refractivity contribution >= 4 is 34.7 Å². The second kappa shape index (κ2) is 9.31. The summed E-state index contributed by atoms with van der Waals surface area (Å²) in [4.78, 5) is 33.6. The molecule has 0 spiro atoms. The molecule has 1 saturated heterocycles. The highest BCUT2D eigenvalue weighted by Gasteiger charge is 2.28. The van der Waals surface area contributed by atoms with Crippen molar-refractivity contribution in [3.63, 3.8) is 0 Å². The lowest BCUT2D eigenvalue weighted by atomic mass is 9.88. The van der Waals surface area contributed by atoms with Gasteiger partial charge in [-0.2, -0.15) is 0 Å². The summed E-state index contributed by atoms with van der Waals surface area (Å²) >= 11 is 5.91. The van der Waals surface area contributed by atoms with Crippen molar-refractivity contribution in [1.29, 1.82) is 0 Å². The van der Waals surface area contributed by atoms with Gasteiger partial charge in [0.05, 0.1) is 0 Å². The molecule has 1 amide bonds. The molecule has 6 heteroatoms. The second-order valence-electron chi connectivity index (χ2n) is 7.75. The van der Waals surface area contributed by atoms with Gasteiger partial charge in [-0.1, -0.05) is 11.6 Å². The monoisotopic (exact) mass is 433 g/mol. The van der Waals surface area contributed by atoms with Crippen LogP contribution < -0.4 is 4.90 Å². The standard InChI is InChI=1S/C25H24ClN3O2/c1-28(23-10-14-27-15-11-23)22-8-4-20(5-9-22)25(31)29-16-12-19(13-17-29)24(30)18-2-6-21(26)7-3-18/h2-11,14-15,19H,12-13,16-17H2,1H3. The van der Waals surface area contributed by atoms with E-state index in [0.29, 0.717) is 42.1 Å². The fourth-order valence-corrected chi connectivity index (χ4v) is 4.05. The number of carbonyl (C=O) groups excluding carboxylic acids is 2. The van der Waals surface area contributed by atoms with Crippen LogP contribution in [0.5, 0.6) is 0 Å². The Bertz CT molecular complexity index is 1040. The van der Waals surface area contributed by atoms with Crippen molar-refractivity contribution in [3.05, 3.63) is 89.2 Å². The second-order valence-corrected chi connectivity index (χ2v) is 8.19. The molecule has 0 saturated carbocycles. The van der Waals surface area contributed by atoms with Crippen LogP contribution in [-0.4, -0.2) is 41.7 Å². The molecule has 158 valence electrons. The summed E-state index contributed by atoms with van der Waals surface area (Å²) < 4.78 is 0. The zero-order valence-corrected chi connectivity index (χ0v) is 18.1. The average molecular weight is 434 g/mol.